The van der Waals surface area contributed by atoms with Crippen LogP contribution in [0.25, 0.3) is 11.1 Å². The summed E-state index contributed by atoms with van der Waals surface area (Å²) in [7, 11) is -4.64. The second-order valence-corrected chi connectivity index (χ2v) is 19.1. The normalized spacial score (nSPS) is 11.8. The van der Waals surface area contributed by atoms with Crippen LogP contribution in [0.3, 0.4) is 0 Å². The Morgan fingerprint density at radius 3 is 1.23 bits per heavy atom. The van der Waals surface area contributed by atoms with Crippen molar-refractivity contribution in [2.24, 2.45) is 0 Å². The highest BCUT2D eigenvalue weighted by molar-refractivity contribution is 7.96. The molecular weight excluding hydrogens is 679 g/mol. The molecule has 4 heteroatoms. The summed E-state index contributed by atoms with van der Waals surface area (Å²) >= 11 is 0. The molecule has 0 bridgehead atoms. The molecule has 0 aliphatic rings. The SMILES string of the molecule is C=C/C=C\C=C/C[P+](Nc1cc(N[P+](c2ccccc2)(c2ccccc2)c2ccccc2)cc(-c2ccccc2)c1)(c1ccccc1)c1ccccc1. The maximum Gasteiger partial charge on any atom is 0.199 e. The van der Waals surface area contributed by atoms with Crippen LogP contribution in [0.1, 0.15) is 0 Å². The molecule has 0 unspecified atom stereocenters. The Hall–Kier alpha value is -5.78. The van der Waals surface area contributed by atoms with Crippen LogP contribution >= 0.6 is 14.8 Å². The highest BCUT2D eigenvalue weighted by atomic mass is 31.2. The lowest BCUT2D eigenvalue weighted by atomic mass is 10.0. The Morgan fingerprint density at radius 2 is 0.792 bits per heavy atom. The van der Waals surface area contributed by atoms with E-state index in [-0.39, 0.29) is 0 Å². The highest BCUT2D eigenvalue weighted by Crippen LogP contribution is 2.58. The zero-order valence-electron chi connectivity index (χ0n) is 29.7. The van der Waals surface area contributed by atoms with Crippen molar-refractivity contribution in [2.75, 3.05) is 16.3 Å². The second-order valence-electron chi connectivity index (χ2n) is 12.8. The molecule has 0 saturated carbocycles. The van der Waals surface area contributed by atoms with Crippen molar-refractivity contribution in [1.82, 2.24) is 0 Å². The maximum atomic E-state index is 4.27. The van der Waals surface area contributed by atoms with Gasteiger partial charge < -0.3 is 0 Å². The second kappa shape index (κ2) is 17.2. The van der Waals surface area contributed by atoms with Crippen molar-refractivity contribution in [3.8, 4) is 11.1 Å². The molecule has 2 nitrogen and oxygen atoms in total. The number of hydrogen-bond donors (Lipinski definition) is 2. The molecule has 0 heterocycles. The van der Waals surface area contributed by atoms with E-state index in [9.17, 15) is 0 Å². The summed E-state index contributed by atoms with van der Waals surface area (Å²) in [5, 5.41) is 14.9. The highest BCUT2D eigenvalue weighted by Gasteiger charge is 2.47. The van der Waals surface area contributed by atoms with Gasteiger partial charge in [-0.1, -0.05) is 152 Å². The minimum Gasteiger partial charge on any atom is -0.251 e. The molecule has 0 atom stereocenters. The summed E-state index contributed by atoms with van der Waals surface area (Å²) in [6.45, 7) is 3.85. The van der Waals surface area contributed by atoms with Crippen LogP contribution in [0.15, 0.2) is 237 Å². The Morgan fingerprint density at radius 1 is 0.396 bits per heavy atom. The van der Waals surface area contributed by atoms with Crippen LogP contribution in [-0.2, 0) is 0 Å². The van der Waals surface area contributed by atoms with Crippen molar-refractivity contribution >= 4 is 52.7 Å². The first-order valence-corrected chi connectivity index (χ1v) is 21.7. The quantitative estimate of drug-likeness (QED) is 0.0863. The lowest BCUT2D eigenvalue weighted by molar-refractivity contribution is 1.57. The Bertz CT molecular complexity index is 2120. The summed E-state index contributed by atoms with van der Waals surface area (Å²) in [5.74, 6) is 0. The first-order chi connectivity index (χ1) is 26.2. The van der Waals surface area contributed by atoms with Gasteiger partial charge in [-0.05, 0) is 96.1 Å². The molecule has 53 heavy (non-hydrogen) atoms. The Kier molecular flexibility index (Phi) is 11.5. The average Bonchev–Trinajstić information content (AvgIpc) is 3.24. The fraction of sp³-hybridized carbons (Fsp3) is 0.0204. The van der Waals surface area contributed by atoms with Gasteiger partial charge in [0.05, 0.1) is 11.4 Å². The van der Waals surface area contributed by atoms with E-state index in [0.29, 0.717) is 0 Å². The van der Waals surface area contributed by atoms with Gasteiger partial charge in [-0.25, -0.2) is 5.09 Å². The van der Waals surface area contributed by atoms with Crippen LogP contribution in [0.2, 0.25) is 0 Å². The minimum atomic E-state index is -2.40. The summed E-state index contributed by atoms with van der Waals surface area (Å²) in [4.78, 5) is 0. The fourth-order valence-corrected chi connectivity index (χ4v) is 14.0. The molecule has 0 amide bonds. The summed E-state index contributed by atoms with van der Waals surface area (Å²) in [5.41, 5.74) is 4.44. The van der Waals surface area contributed by atoms with Gasteiger partial charge in [-0.15, -0.1) is 0 Å². The van der Waals surface area contributed by atoms with Crippen molar-refractivity contribution in [3.63, 3.8) is 0 Å². The van der Waals surface area contributed by atoms with E-state index < -0.39 is 14.8 Å². The first kappa shape index (κ1) is 35.6. The molecule has 7 rings (SSSR count). The number of anilines is 2. The van der Waals surface area contributed by atoms with Crippen molar-refractivity contribution in [2.45, 2.75) is 0 Å². The van der Waals surface area contributed by atoms with Crippen molar-refractivity contribution in [1.29, 1.82) is 0 Å². The van der Waals surface area contributed by atoms with E-state index >= 15 is 0 Å². The smallest absolute Gasteiger partial charge is 0.199 e. The zero-order chi connectivity index (χ0) is 36.2. The van der Waals surface area contributed by atoms with E-state index in [1.165, 1.54) is 32.1 Å². The molecule has 0 fully saturated rings. The molecule has 0 radical (unpaired) electrons. The topological polar surface area (TPSA) is 24.1 Å². The number of nitrogens with one attached hydrogen (secondary N) is 2. The molecular formula is C49H44N2P2+2. The Balaban J connectivity index is 1.45. The molecule has 0 saturated heterocycles. The van der Waals surface area contributed by atoms with Gasteiger partial charge in [0.15, 0.2) is 14.8 Å². The van der Waals surface area contributed by atoms with Gasteiger partial charge in [0, 0.05) is 0 Å². The van der Waals surface area contributed by atoms with Crippen LogP contribution in [0.4, 0.5) is 11.4 Å². The number of rotatable bonds is 14. The van der Waals surface area contributed by atoms with Gasteiger partial charge in [0.2, 0.25) is 0 Å². The van der Waals surface area contributed by atoms with Crippen LogP contribution in [-0.4, -0.2) is 6.16 Å². The Labute approximate surface area is 316 Å². The van der Waals surface area contributed by atoms with Crippen molar-refractivity contribution in [3.05, 3.63) is 237 Å². The zero-order valence-corrected chi connectivity index (χ0v) is 31.5. The standard InChI is InChI=1S/C49H44N2P2/c1-2-3-4-5-24-37-52(45-27-14-7-15-28-45,46-29-16-8-17-30-46)50-43-38-42(41-25-12-6-13-26-41)39-44(40-43)51-53(47-31-18-9-19-32-47,48-33-20-10-21-34-48)49-35-22-11-23-36-49/h2-36,38-40,50-51H,1,37H2/q+2/b4-3-,24-5-. The van der Waals surface area contributed by atoms with Gasteiger partial charge in [0.25, 0.3) is 0 Å². The van der Waals surface area contributed by atoms with Crippen LogP contribution < -0.4 is 36.7 Å². The molecule has 7 aromatic carbocycles. The molecule has 0 spiro atoms. The predicted octanol–water partition coefficient (Wildman–Crippen LogP) is 11.0. The van der Waals surface area contributed by atoms with Gasteiger partial charge in [-0.3, -0.25) is 5.09 Å². The number of allylic oxidation sites excluding steroid dienone is 5. The van der Waals surface area contributed by atoms with E-state index in [4.69, 9.17) is 0 Å². The molecule has 0 aromatic heterocycles. The van der Waals surface area contributed by atoms with Crippen molar-refractivity contribution < 1.29 is 0 Å². The third-order valence-electron chi connectivity index (χ3n) is 9.35. The molecule has 0 aliphatic heterocycles. The van der Waals surface area contributed by atoms with E-state index in [0.717, 1.165) is 23.1 Å². The third-order valence-corrected chi connectivity index (χ3v) is 16.9. The van der Waals surface area contributed by atoms with E-state index in [1.54, 1.807) is 0 Å². The number of benzene rings is 7. The number of hydrogen-bond acceptors (Lipinski definition) is 2. The molecule has 0 aliphatic carbocycles. The molecule has 258 valence electrons. The van der Waals surface area contributed by atoms with Gasteiger partial charge in [-0.2, -0.15) is 0 Å². The van der Waals surface area contributed by atoms with Gasteiger partial charge in [0.1, 0.15) is 32.7 Å². The fourth-order valence-electron chi connectivity index (χ4n) is 6.90. The maximum absolute atomic E-state index is 4.27. The lowest BCUT2D eigenvalue weighted by Gasteiger charge is -2.30. The summed E-state index contributed by atoms with van der Waals surface area (Å²) in [6, 6.07) is 72.4. The van der Waals surface area contributed by atoms with Crippen LogP contribution in [0, 0.1) is 0 Å². The lowest BCUT2D eigenvalue weighted by Crippen LogP contribution is -2.36. The first-order valence-electron chi connectivity index (χ1n) is 18.0. The average molecular weight is 723 g/mol. The third kappa shape index (κ3) is 8.01. The van der Waals surface area contributed by atoms with E-state index in [2.05, 4.69) is 235 Å². The molecule has 7 aromatic rings. The largest absolute Gasteiger partial charge is 0.251 e. The van der Waals surface area contributed by atoms with Gasteiger partial charge >= 0.3 is 0 Å². The minimum absolute atomic E-state index is 0.829. The summed E-state index contributed by atoms with van der Waals surface area (Å²) in [6.07, 6.45) is 11.1. The van der Waals surface area contributed by atoms with E-state index in [1.807, 2.05) is 12.2 Å². The predicted molar refractivity (Wildman–Crippen MR) is 237 cm³/mol. The molecule has 2 N–H and O–H groups in total. The summed E-state index contributed by atoms with van der Waals surface area (Å²) < 4.78 is 0. The van der Waals surface area contributed by atoms with Crippen LogP contribution in [0.5, 0.6) is 0 Å². The monoisotopic (exact) mass is 722 g/mol.